The minimum absolute atomic E-state index is 0.350. The Kier molecular flexibility index (Phi) is 3.97. The van der Waals surface area contributed by atoms with Gasteiger partial charge >= 0.3 is 0 Å². The number of hydrazone groups is 1. The molecule has 3 rings (SSSR count). The molecular weight excluding hydrogens is 246 g/mol. The summed E-state index contributed by atoms with van der Waals surface area (Å²) in [5.74, 6) is 0. The van der Waals surface area contributed by atoms with E-state index in [1.165, 1.54) is 5.34 Å². The summed E-state index contributed by atoms with van der Waals surface area (Å²) < 4.78 is 5.33. The standard InChI is InChI=1S/C8H15N5O5/c1-4-15-12(9-1)17-8-7-14-6-3-11(8)18-13-10-2-5-16-13/h1,8,10H,2-7H2. The Morgan fingerprint density at radius 2 is 2.33 bits per heavy atom. The number of hydrogen-bond donors (Lipinski definition) is 1. The van der Waals surface area contributed by atoms with Crippen molar-refractivity contribution in [2.24, 2.45) is 5.10 Å². The van der Waals surface area contributed by atoms with Gasteiger partial charge in [-0.2, -0.15) is 4.94 Å². The number of ether oxygens (including phenoxy) is 1. The second-order valence-corrected chi connectivity index (χ2v) is 3.69. The minimum atomic E-state index is -0.458. The molecule has 0 spiro atoms. The van der Waals surface area contributed by atoms with Gasteiger partial charge in [-0.3, -0.25) is 4.84 Å². The lowest BCUT2D eigenvalue weighted by atomic mass is 10.5. The molecule has 0 aromatic heterocycles. The fourth-order valence-electron chi connectivity index (χ4n) is 1.59. The molecule has 0 saturated carbocycles. The van der Waals surface area contributed by atoms with Crippen LogP contribution in [0.5, 0.6) is 0 Å². The summed E-state index contributed by atoms with van der Waals surface area (Å²) in [5.41, 5.74) is 2.89. The van der Waals surface area contributed by atoms with E-state index in [2.05, 4.69) is 10.5 Å². The van der Waals surface area contributed by atoms with Gasteiger partial charge in [-0.1, -0.05) is 0 Å². The second-order valence-electron chi connectivity index (χ2n) is 3.69. The van der Waals surface area contributed by atoms with Crippen molar-refractivity contribution in [1.29, 1.82) is 0 Å². The van der Waals surface area contributed by atoms with Crippen LogP contribution in [-0.4, -0.2) is 67.7 Å². The maximum absolute atomic E-state index is 5.47. The van der Waals surface area contributed by atoms with Crippen LogP contribution in [0.15, 0.2) is 5.10 Å². The van der Waals surface area contributed by atoms with Crippen LogP contribution in [-0.2, 0) is 24.2 Å². The first-order valence-corrected chi connectivity index (χ1v) is 5.73. The molecule has 10 heteroatoms. The van der Waals surface area contributed by atoms with Crippen LogP contribution >= 0.6 is 0 Å². The van der Waals surface area contributed by atoms with Crippen LogP contribution in [0.25, 0.3) is 0 Å². The zero-order chi connectivity index (χ0) is 12.2. The minimum Gasteiger partial charge on any atom is -0.376 e. The Hall–Kier alpha value is -0.850. The predicted molar refractivity (Wildman–Crippen MR) is 55.6 cm³/mol. The van der Waals surface area contributed by atoms with Gasteiger partial charge in [0, 0.05) is 11.9 Å². The Balaban J connectivity index is 1.53. The normalized spacial score (nSPS) is 30.4. The lowest BCUT2D eigenvalue weighted by molar-refractivity contribution is -0.510. The van der Waals surface area contributed by atoms with Gasteiger partial charge in [0.15, 0.2) is 6.23 Å². The van der Waals surface area contributed by atoms with Crippen LogP contribution in [0.4, 0.5) is 0 Å². The van der Waals surface area contributed by atoms with Gasteiger partial charge in [-0.15, -0.1) is 10.2 Å². The van der Waals surface area contributed by atoms with Crippen molar-refractivity contribution >= 4 is 6.21 Å². The number of hydrazine groups is 1. The van der Waals surface area contributed by atoms with E-state index in [4.69, 9.17) is 24.2 Å². The van der Waals surface area contributed by atoms with Crippen molar-refractivity contribution in [3.8, 4) is 0 Å². The van der Waals surface area contributed by atoms with Crippen LogP contribution in [0.1, 0.15) is 0 Å². The highest BCUT2D eigenvalue weighted by atomic mass is 17.1. The van der Waals surface area contributed by atoms with Crippen molar-refractivity contribution in [3.05, 3.63) is 0 Å². The number of nitrogens with one attached hydrogen (secondary N) is 1. The molecule has 0 aromatic carbocycles. The first kappa shape index (κ1) is 12.2. The van der Waals surface area contributed by atoms with Gasteiger partial charge in [0.05, 0.1) is 32.6 Å². The monoisotopic (exact) mass is 261 g/mol. The Morgan fingerprint density at radius 1 is 1.33 bits per heavy atom. The molecule has 3 heterocycles. The summed E-state index contributed by atoms with van der Waals surface area (Å²) in [4.78, 5) is 21.1. The van der Waals surface area contributed by atoms with E-state index in [9.17, 15) is 0 Å². The van der Waals surface area contributed by atoms with E-state index in [0.717, 1.165) is 5.34 Å². The third-order valence-electron chi connectivity index (χ3n) is 2.42. The van der Waals surface area contributed by atoms with E-state index in [1.54, 1.807) is 11.3 Å². The van der Waals surface area contributed by atoms with E-state index in [-0.39, 0.29) is 0 Å². The average Bonchev–Trinajstić information content (AvgIpc) is 3.05. The molecule has 0 aliphatic carbocycles. The molecule has 102 valence electrons. The summed E-state index contributed by atoms with van der Waals surface area (Å²) in [6.07, 6.45) is 1.14. The molecule has 0 radical (unpaired) electrons. The summed E-state index contributed by atoms with van der Waals surface area (Å²) in [6, 6.07) is 0. The van der Waals surface area contributed by atoms with E-state index in [1.807, 2.05) is 0 Å². The fraction of sp³-hybridized carbons (Fsp3) is 0.875. The van der Waals surface area contributed by atoms with Crippen molar-refractivity contribution in [2.75, 3.05) is 39.5 Å². The second kappa shape index (κ2) is 5.86. The maximum atomic E-state index is 5.47. The molecule has 0 aromatic rings. The smallest absolute Gasteiger partial charge is 0.190 e. The van der Waals surface area contributed by atoms with Gasteiger partial charge in [0.25, 0.3) is 0 Å². The average molecular weight is 261 g/mol. The number of nitrogens with zero attached hydrogens (tertiary/aromatic N) is 4. The highest BCUT2D eigenvalue weighted by Gasteiger charge is 2.31. The number of rotatable bonds is 4. The highest BCUT2D eigenvalue weighted by Crippen LogP contribution is 2.14. The molecular formula is C8H15N5O5. The van der Waals surface area contributed by atoms with Gasteiger partial charge in [-0.05, 0) is 5.34 Å². The zero-order valence-electron chi connectivity index (χ0n) is 9.73. The lowest BCUT2D eigenvalue weighted by Gasteiger charge is -2.34. The van der Waals surface area contributed by atoms with Crippen LogP contribution in [0.3, 0.4) is 0 Å². The molecule has 1 atom stereocenters. The molecule has 1 N–H and O–H groups in total. The highest BCUT2D eigenvalue weighted by molar-refractivity contribution is 5.58. The van der Waals surface area contributed by atoms with Crippen LogP contribution in [0, 0.1) is 0 Å². The van der Waals surface area contributed by atoms with Crippen molar-refractivity contribution < 1.29 is 24.2 Å². The van der Waals surface area contributed by atoms with E-state index in [0.29, 0.717) is 39.5 Å². The first-order valence-electron chi connectivity index (χ1n) is 5.73. The molecule has 2 fully saturated rings. The fourth-order valence-corrected chi connectivity index (χ4v) is 1.59. The van der Waals surface area contributed by atoms with E-state index < -0.39 is 6.23 Å². The van der Waals surface area contributed by atoms with E-state index >= 15 is 0 Å². The molecule has 0 bridgehead atoms. The maximum Gasteiger partial charge on any atom is 0.190 e. The quantitative estimate of drug-likeness (QED) is 0.644. The number of hydrogen-bond acceptors (Lipinski definition) is 10. The molecule has 10 nitrogen and oxygen atoms in total. The predicted octanol–water partition coefficient (Wildman–Crippen LogP) is -1.59. The van der Waals surface area contributed by atoms with Crippen LogP contribution < -0.4 is 5.43 Å². The van der Waals surface area contributed by atoms with Crippen molar-refractivity contribution in [2.45, 2.75) is 6.23 Å². The number of hydroxylamine groups is 2. The van der Waals surface area contributed by atoms with Gasteiger partial charge in [0.1, 0.15) is 6.61 Å². The lowest BCUT2D eigenvalue weighted by Crippen LogP contribution is -2.52. The molecule has 3 aliphatic heterocycles. The van der Waals surface area contributed by atoms with Crippen LogP contribution in [0.2, 0.25) is 0 Å². The summed E-state index contributed by atoms with van der Waals surface area (Å²) in [5, 5.41) is 7.71. The number of morpholine rings is 1. The third-order valence-corrected chi connectivity index (χ3v) is 2.42. The third kappa shape index (κ3) is 2.93. The Labute approximate surface area is 103 Å². The largest absolute Gasteiger partial charge is 0.376 e. The molecule has 1 unspecified atom stereocenters. The Morgan fingerprint density at radius 3 is 3.11 bits per heavy atom. The topological polar surface area (TPSA) is 80.3 Å². The Bertz CT molecular complexity index is 300. The van der Waals surface area contributed by atoms with Gasteiger partial charge < -0.3 is 4.74 Å². The SMILES string of the molecule is C1=NN(OC2COCCN2ON2NCCO2)OC1. The molecule has 18 heavy (non-hydrogen) atoms. The summed E-state index contributed by atoms with van der Waals surface area (Å²) in [7, 11) is 0. The molecule has 0 amide bonds. The summed E-state index contributed by atoms with van der Waals surface area (Å²) in [6.45, 7) is 3.11. The molecule has 3 aliphatic rings. The van der Waals surface area contributed by atoms with Crippen molar-refractivity contribution in [3.63, 3.8) is 0 Å². The van der Waals surface area contributed by atoms with Gasteiger partial charge in [0.2, 0.25) is 0 Å². The summed E-state index contributed by atoms with van der Waals surface area (Å²) >= 11 is 0. The van der Waals surface area contributed by atoms with Crippen molar-refractivity contribution in [1.82, 2.24) is 21.2 Å². The molecule has 2 saturated heterocycles. The zero-order valence-corrected chi connectivity index (χ0v) is 9.73. The van der Waals surface area contributed by atoms with Gasteiger partial charge in [-0.25, -0.2) is 15.1 Å². The first-order chi connectivity index (χ1) is 8.92.